The number of hydrogen-bond donors (Lipinski definition) is 0. The van der Waals surface area contributed by atoms with Crippen LogP contribution in [0.2, 0.25) is 0 Å². The second-order valence-corrected chi connectivity index (χ2v) is 14.9. The van der Waals surface area contributed by atoms with Gasteiger partial charge in [0, 0.05) is 19.3 Å². The first-order valence-corrected chi connectivity index (χ1v) is 21.4. The Morgan fingerprint density at radius 2 is 1.04 bits per heavy atom. The summed E-state index contributed by atoms with van der Waals surface area (Å²) in [5, 5.41) is 11.6. The van der Waals surface area contributed by atoms with Crippen LogP contribution in [-0.2, 0) is 28.6 Å². The molecule has 2 atom stereocenters. The fourth-order valence-electron chi connectivity index (χ4n) is 5.43. The van der Waals surface area contributed by atoms with Gasteiger partial charge >= 0.3 is 11.9 Å². The molecule has 0 amide bonds. The van der Waals surface area contributed by atoms with E-state index in [1.807, 2.05) is 12.2 Å². The van der Waals surface area contributed by atoms with Gasteiger partial charge in [0.15, 0.2) is 6.10 Å². The highest BCUT2D eigenvalue weighted by Crippen LogP contribution is 2.11. The van der Waals surface area contributed by atoms with Crippen molar-refractivity contribution in [1.29, 1.82) is 0 Å². The first kappa shape index (κ1) is 53.0. The van der Waals surface area contributed by atoms with E-state index in [1.165, 1.54) is 0 Å². The Labute approximate surface area is 347 Å². The van der Waals surface area contributed by atoms with Gasteiger partial charge < -0.3 is 28.6 Å². The average molecular weight is 792 g/mol. The predicted molar refractivity (Wildman–Crippen MR) is 235 cm³/mol. The molecule has 8 heteroatoms. The van der Waals surface area contributed by atoms with E-state index in [-0.39, 0.29) is 49.1 Å². The van der Waals surface area contributed by atoms with Gasteiger partial charge in [-0.2, -0.15) is 0 Å². The van der Waals surface area contributed by atoms with Gasteiger partial charge in [-0.1, -0.05) is 142 Å². The fourth-order valence-corrected chi connectivity index (χ4v) is 5.43. The van der Waals surface area contributed by atoms with Crippen LogP contribution >= 0.6 is 0 Å². The number of ether oxygens (including phenoxy) is 3. The fraction of sp³-hybridized carbons (Fsp3) is 0.571. The number of quaternary nitrogens is 1. The summed E-state index contributed by atoms with van der Waals surface area (Å²) in [6, 6.07) is -0.746. The first-order valence-electron chi connectivity index (χ1n) is 21.4. The van der Waals surface area contributed by atoms with E-state index in [2.05, 4.69) is 111 Å². The second-order valence-electron chi connectivity index (χ2n) is 14.9. The topological polar surface area (TPSA) is 102 Å². The van der Waals surface area contributed by atoms with E-state index in [4.69, 9.17) is 14.2 Å². The molecule has 0 aromatic heterocycles. The molecule has 0 heterocycles. The Hall–Kier alpha value is -4.01. The molecular formula is C49H77NO7. The van der Waals surface area contributed by atoms with E-state index < -0.39 is 18.1 Å². The van der Waals surface area contributed by atoms with E-state index >= 15 is 0 Å². The van der Waals surface area contributed by atoms with Crippen LogP contribution in [0.3, 0.4) is 0 Å². The number of carbonyl (C=O) groups is 3. The number of aliphatic carboxylic acids is 1. The Balaban J connectivity index is 4.52. The third kappa shape index (κ3) is 37.3. The highest BCUT2D eigenvalue weighted by atomic mass is 16.6. The van der Waals surface area contributed by atoms with Gasteiger partial charge in [0.1, 0.15) is 12.6 Å². The third-order valence-electron chi connectivity index (χ3n) is 8.72. The summed E-state index contributed by atoms with van der Waals surface area (Å²) in [5.74, 6) is -1.86. The van der Waals surface area contributed by atoms with Gasteiger partial charge in [-0.15, -0.1) is 0 Å². The molecule has 8 nitrogen and oxygen atoms in total. The minimum absolute atomic E-state index is 0.00274. The minimum atomic E-state index is -1.14. The summed E-state index contributed by atoms with van der Waals surface area (Å²) in [7, 11) is 5.36. The molecule has 0 saturated carbocycles. The van der Waals surface area contributed by atoms with Crippen LogP contribution in [0.25, 0.3) is 0 Å². The minimum Gasteiger partial charge on any atom is -0.544 e. The summed E-state index contributed by atoms with van der Waals surface area (Å²) in [6.07, 6.45) is 52.7. The lowest BCUT2D eigenvalue weighted by molar-refractivity contribution is -0.889. The lowest BCUT2D eigenvalue weighted by Crippen LogP contribution is -2.55. The summed E-state index contributed by atoms with van der Waals surface area (Å²) in [5.41, 5.74) is 0. The van der Waals surface area contributed by atoms with Crippen molar-refractivity contribution in [3.05, 3.63) is 109 Å². The molecule has 0 N–H and O–H groups in total. The van der Waals surface area contributed by atoms with Gasteiger partial charge in [0.25, 0.3) is 0 Å². The van der Waals surface area contributed by atoms with Crippen LogP contribution < -0.4 is 5.11 Å². The zero-order valence-corrected chi connectivity index (χ0v) is 36.2. The number of nitrogens with zero attached hydrogens (tertiary/aromatic N) is 1. The van der Waals surface area contributed by atoms with Crippen LogP contribution in [-0.4, -0.2) is 75.5 Å². The van der Waals surface area contributed by atoms with Crippen molar-refractivity contribution in [3.63, 3.8) is 0 Å². The van der Waals surface area contributed by atoms with E-state index in [0.717, 1.165) is 89.9 Å². The van der Waals surface area contributed by atoms with Crippen molar-refractivity contribution in [1.82, 2.24) is 0 Å². The van der Waals surface area contributed by atoms with Gasteiger partial charge in [-0.05, 0) is 77.0 Å². The summed E-state index contributed by atoms with van der Waals surface area (Å²) in [4.78, 5) is 36.8. The molecule has 0 radical (unpaired) electrons. The first-order chi connectivity index (χ1) is 27.6. The molecular weight excluding hydrogens is 715 g/mol. The number of carboxylic acids is 1. The zero-order chi connectivity index (χ0) is 42.1. The number of carboxylic acid groups (broad SMARTS) is 1. The molecule has 0 aliphatic carbocycles. The number of likely N-dealkylation sites (N-methyl/N-ethyl adjacent to an activating group) is 1. The number of unbranched alkanes of at least 4 members (excludes halogenated alkanes) is 6. The number of allylic oxidation sites excluding steroid dienone is 18. The largest absolute Gasteiger partial charge is 0.544 e. The van der Waals surface area contributed by atoms with Crippen molar-refractivity contribution >= 4 is 17.9 Å². The van der Waals surface area contributed by atoms with Crippen molar-refractivity contribution in [3.8, 4) is 0 Å². The summed E-state index contributed by atoms with van der Waals surface area (Å²) < 4.78 is 17.0. The van der Waals surface area contributed by atoms with Crippen molar-refractivity contribution in [2.75, 3.05) is 41.0 Å². The molecule has 0 saturated heterocycles. The molecule has 320 valence electrons. The van der Waals surface area contributed by atoms with E-state index in [0.29, 0.717) is 12.8 Å². The van der Waals surface area contributed by atoms with Gasteiger partial charge in [-0.25, -0.2) is 0 Å². The van der Waals surface area contributed by atoms with Gasteiger partial charge in [0.2, 0.25) is 0 Å². The maximum Gasteiger partial charge on any atom is 0.306 e. The standard InChI is InChI=1S/C49H77NO7/c1-6-8-10-12-14-16-18-20-21-22-23-24-25-26-28-30-32-34-36-38-40-48(52)57-45(43-55-42-41-46(49(53)54)50(3,4)5)44-56-47(51)39-37-35-33-31-29-27-19-17-15-13-11-9-7-2/h8-11,13-17,19-21,23-24,26,28,32,34,45-46H,6-7,12,18,22,25,27,29-31,33,35-44H2,1-5H3/b10-8+,11-9+,15-13+,16-14+,19-17+,21-20+,24-23+,28-26+,34-32+. The van der Waals surface area contributed by atoms with Gasteiger partial charge in [-0.3, -0.25) is 9.59 Å². The number of rotatable bonds is 36. The molecule has 0 aromatic rings. The monoisotopic (exact) mass is 792 g/mol. The second kappa shape index (κ2) is 38.8. The highest BCUT2D eigenvalue weighted by Gasteiger charge is 2.25. The zero-order valence-electron chi connectivity index (χ0n) is 36.2. The molecule has 0 aliphatic rings. The Kier molecular flexibility index (Phi) is 36.1. The SMILES string of the molecule is CC/C=C/C=C/C=C/CCCCCCCC(=O)OCC(COCCC(C(=O)[O-])[N+](C)(C)C)OC(=O)CCC/C=C/C/C=C/C/C=C/C/C=C/C/C=C/C/C=C/CC. The molecule has 0 bridgehead atoms. The number of hydrogen-bond acceptors (Lipinski definition) is 7. The van der Waals surface area contributed by atoms with Crippen LogP contribution in [0, 0.1) is 0 Å². The van der Waals surface area contributed by atoms with E-state index in [1.54, 1.807) is 21.1 Å². The van der Waals surface area contributed by atoms with Crippen LogP contribution in [0.1, 0.15) is 129 Å². The predicted octanol–water partition coefficient (Wildman–Crippen LogP) is 10.4. The summed E-state index contributed by atoms with van der Waals surface area (Å²) in [6.45, 7) is 4.30. The maximum absolute atomic E-state index is 12.7. The molecule has 2 unspecified atom stereocenters. The highest BCUT2D eigenvalue weighted by molar-refractivity contribution is 5.70. The van der Waals surface area contributed by atoms with Gasteiger partial charge in [0.05, 0.1) is 40.3 Å². The molecule has 57 heavy (non-hydrogen) atoms. The molecule has 0 aromatic carbocycles. The Morgan fingerprint density at radius 3 is 1.60 bits per heavy atom. The third-order valence-corrected chi connectivity index (χ3v) is 8.72. The number of carbonyl (C=O) groups excluding carboxylic acids is 3. The molecule has 0 spiro atoms. The van der Waals surface area contributed by atoms with Crippen LogP contribution in [0.4, 0.5) is 0 Å². The average Bonchev–Trinajstić information content (AvgIpc) is 3.17. The molecule has 0 fully saturated rings. The molecule has 0 rings (SSSR count). The molecule has 0 aliphatic heterocycles. The van der Waals surface area contributed by atoms with Crippen molar-refractivity contribution in [2.45, 2.75) is 142 Å². The van der Waals surface area contributed by atoms with E-state index in [9.17, 15) is 19.5 Å². The lowest BCUT2D eigenvalue weighted by Gasteiger charge is -2.34. The smallest absolute Gasteiger partial charge is 0.306 e. The summed E-state index contributed by atoms with van der Waals surface area (Å²) >= 11 is 0. The normalized spacial score (nSPS) is 14.1. The Morgan fingerprint density at radius 1 is 0.544 bits per heavy atom. The number of esters is 2. The van der Waals surface area contributed by atoms with Crippen LogP contribution in [0.5, 0.6) is 0 Å². The lowest BCUT2D eigenvalue weighted by atomic mass is 10.1. The van der Waals surface area contributed by atoms with Crippen molar-refractivity contribution in [2.24, 2.45) is 0 Å². The maximum atomic E-state index is 12.7. The van der Waals surface area contributed by atoms with Crippen LogP contribution in [0.15, 0.2) is 109 Å². The Bertz CT molecular complexity index is 1290. The van der Waals surface area contributed by atoms with Crippen molar-refractivity contribution < 1.29 is 38.2 Å². The quantitative estimate of drug-likeness (QED) is 0.0205.